The molecule has 0 aliphatic heterocycles. The molecule has 7 heteroatoms. The lowest BCUT2D eigenvalue weighted by Crippen LogP contribution is -2.28. The van der Waals surface area contributed by atoms with Crippen LogP contribution in [0.2, 0.25) is 0 Å². The van der Waals surface area contributed by atoms with Gasteiger partial charge in [-0.05, 0) is 44.2 Å². The Morgan fingerprint density at radius 3 is 2.57 bits per heavy atom. The zero-order valence-corrected chi connectivity index (χ0v) is 15.8. The highest BCUT2D eigenvalue weighted by Crippen LogP contribution is 2.30. The van der Waals surface area contributed by atoms with Gasteiger partial charge in [-0.15, -0.1) is 0 Å². The first-order valence-corrected chi connectivity index (χ1v) is 8.66. The summed E-state index contributed by atoms with van der Waals surface area (Å²) >= 11 is 0. The van der Waals surface area contributed by atoms with Gasteiger partial charge in [0, 0.05) is 17.8 Å². The lowest BCUT2D eigenvalue weighted by Gasteiger charge is -2.19. The molecule has 0 spiro atoms. The molecule has 1 N–H and O–H groups in total. The van der Waals surface area contributed by atoms with Crippen molar-refractivity contribution in [1.29, 1.82) is 0 Å². The zero-order chi connectivity index (χ0) is 20.3. The van der Waals surface area contributed by atoms with Gasteiger partial charge in [-0.1, -0.05) is 12.1 Å². The van der Waals surface area contributed by atoms with Gasteiger partial charge in [0.2, 0.25) is 0 Å². The number of rotatable bonds is 6. The number of ether oxygens (including phenoxy) is 2. The molecule has 3 rings (SSSR count). The second-order valence-electron chi connectivity index (χ2n) is 6.91. The van der Waals surface area contributed by atoms with Gasteiger partial charge in [0.05, 0.1) is 24.1 Å². The van der Waals surface area contributed by atoms with Crippen molar-refractivity contribution < 1.29 is 19.0 Å². The molecule has 1 aromatic heterocycles. The highest BCUT2D eigenvalue weighted by Gasteiger charge is 2.16. The van der Waals surface area contributed by atoms with Crippen LogP contribution in [0.3, 0.4) is 0 Å². The van der Waals surface area contributed by atoms with Gasteiger partial charge in [-0.2, -0.15) is 4.98 Å². The molecule has 1 heterocycles. The normalized spacial score (nSPS) is 11.3. The summed E-state index contributed by atoms with van der Waals surface area (Å²) in [4.78, 5) is 16.5. The van der Waals surface area contributed by atoms with Crippen molar-refractivity contribution in [2.45, 2.75) is 19.4 Å². The van der Waals surface area contributed by atoms with Crippen LogP contribution in [0.1, 0.15) is 13.8 Å². The van der Waals surface area contributed by atoms with Crippen LogP contribution in [0.15, 0.2) is 59.5 Å². The Bertz CT molecular complexity index is 1040. The average molecular weight is 384 g/mol. The number of aliphatic hydroxyl groups is 1. The molecular formula is C21H21FN2O4. The largest absolute Gasteiger partial charge is 0.493 e. The summed E-state index contributed by atoms with van der Waals surface area (Å²) in [6.45, 7) is 3.37. The molecule has 0 saturated heterocycles. The fourth-order valence-electron chi connectivity index (χ4n) is 2.59. The fourth-order valence-corrected chi connectivity index (χ4v) is 2.59. The molecule has 28 heavy (non-hydrogen) atoms. The van der Waals surface area contributed by atoms with Crippen LogP contribution in [-0.2, 0) is 0 Å². The number of nitrogens with zero attached hydrogens (tertiary/aromatic N) is 2. The molecule has 0 bridgehead atoms. The van der Waals surface area contributed by atoms with Gasteiger partial charge in [-0.3, -0.25) is 4.57 Å². The van der Waals surface area contributed by atoms with E-state index in [4.69, 9.17) is 9.47 Å². The molecular weight excluding hydrogens is 363 g/mol. The van der Waals surface area contributed by atoms with Crippen molar-refractivity contribution in [2.24, 2.45) is 0 Å². The number of hydrogen-bond donors (Lipinski definition) is 1. The number of aromatic nitrogens is 2. The van der Waals surface area contributed by atoms with Crippen molar-refractivity contribution in [3.05, 3.63) is 71.0 Å². The Hall–Kier alpha value is -3.19. The average Bonchev–Trinajstić information content (AvgIpc) is 2.65. The SMILES string of the molecule is COc1cc(-n2ccc(-c3cccc(F)c3)nc2=O)ccc1OCC(C)(C)O. The first-order valence-electron chi connectivity index (χ1n) is 8.66. The van der Waals surface area contributed by atoms with Crippen LogP contribution in [0, 0.1) is 5.82 Å². The van der Waals surface area contributed by atoms with E-state index in [1.54, 1.807) is 56.4 Å². The number of benzene rings is 2. The third-order valence-electron chi connectivity index (χ3n) is 3.93. The predicted octanol–water partition coefficient (Wildman–Crippen LogP) is 3.20. The Morgan fingerprint density at radius 1 is 1.14 bits per heavy atom. The molecule has 3 aromatic rings. The van der Waals surface area contributed by atoms with E-state index < -0.39 is 17.1 Å². The molecule has 0 atom stereocenters. The third kappa shape index (κ3) is 4.55. The summed E-state index contributed by atoms with van der Waals surface area (Å²) in [7, 11) is 1.49. The molecule has 146 valence electrons. The maximum absolute atomic E-state index is 13.4. The Morgan fingerprint density at radius 2 is 1.93 bits per heavy atom. The minimum atomic E-state index is -0.989. The van der Waals surface area contributed by atoms with Crippen molar-refractivity contribution in [2.75, 3.05) is 13.7 Å². The summed E-state index contributed by atoms with van der Waals surface area (Å²) in [5.74, 6) is 0.475. The summed E-state index contributed by atoms with van der Waals surface area (Å²) < 4.78 is 25.7. The molecule has 0 radical (unpaired) electrons. The van der Waals surface area contributed by atoms with Gasteiger partial charge < -0.3 is 14.6 Å². The summed E-state index contributed by atoms with van der Waals surface area (Å²) in [6.07, 6.45) is 1.57. The highest BCUT2D eigenvalue weighted by atomic mass is 19.1. The number of hydrogen-bond acceptors (Lipinski definition) is 5. The third-order valence-corrected chi connectivity index (χ3v) is 3.93. The maximum Gasteiger partial charge on any atom is 0.352 e. The van der Waals surface area contributed by atoms with E-state index in [1.165, 1.54) is 23.8 Å². The van der Waals surface area contributed by atoms with Gasteiger partial charge in [0.15, 0.2) is 11.5 Å². The quantitative estimate of drug-likeness (QED) is 0.707. The van der Waals surface area contributed by atoms with E-state index in [0.717, 1.165) is 0 Å². The second-order valence-corrected chi connectivity index (χ2v) is 6.91. The van der Waals surface area contributed by atoms with Crippen molar-refractivity contribution in [1.82, 2.24) is 9.55 Å². The van der Waals surface area contributed by atoms with E-state index in [9.17, 15) is 14.3 Å². The monoisotopic (exact) mass is 384 g/mol. The van der Waals surface area contributed by atoms with Gasteiger partial charge in [-0.25, -0.2) is 9.18 Å². The smallest absolute Gasteiger partial charge is 0.352 e. The van der Waals surface area contributed by atoms with Crippen LogP contribution in [0.5, 0.6) is 11.5 Å². The fraction of sp³-hybridized carbons (Fsp3) is 0.238. The minimum Gasteiger partial charge on any atom is -0.493 e. The predicted molar refractivity (Wildman–Crippen MR) is 104 cm³/mol. The van der Waals surface area contributed by atoms with Crippen LogP contribution < -0.4 is 15.2 Å². The first kappa shape index (κ1) is 19.6. The van der Waals surface area contributed by atoms with Gasteiger partial charge >= 0.3 is 5.69 Å². The standard InChI is InChI=1S/C21H21FN2O4/c1-21(2,26)13-28-18-8-7-16(12-19(18)27-3)24-10-9-17(23-20(24)25)14-5-4-6-15(22)11-14/h4-12,26H,13H2,1-3H3. The van der Waals surface area contributed by atoms with Crippen molar-refractivity contribution in [3.8, 4) is 28.4 Å². The molecule has 0 saturated carbocycles. The number of halogens is 1. The Kier molecular flexibility index (Phi) is 5.46. The molecule has 0 aliphatic rings. The van der Waals surface area contributed by atoms with Crippen LogP contribution in [-0.4, -0.2) is 34.0 Å². The van der Waals surface area contributed by atoms with Gasteiger partial charge in [0.1, 0.15) is 12.4 Å². The molecule has 2 aromatic carbocycles. The topological polar surface area (TPSA) is 73.6 Å². The van der Waals surface area contributed by atoms with Crippen LogP contribution >= 0.6 is 0 Å². The van der Waals surface area contributed by atoms with E-state index in [2.05, 4.69) is 4.98 Å². The van der Waals surface area contributed by atoms with E-state index >= 15 is 0 Å². The van der Waals surface area contributed by atoms with Crippen LogP contribution in [0.25, 0.3) is 16.9 Å². The molecule has 0 aliphatic carbocycles. The molecule has 0 unspecified atom stereocenters. The van der Waals surface area contributed by atoms with Crippen LogP contribution in [0.4, 0.5) is 4.39 Å². The zero-order valence-electron chi connectivity index (χ0n) is 15.8. The first-order chi connectivity index (χ1) is 13.3. The lowest BCUT2D eigenvalue weighted by molar-refractivity contribution is 0.0276. The lowest BCUT2D eigenvalue weighted by atomic mass is 10.1. The highest BCUT2D eigenvalue weighted by molar-refractivity contribution is 5.58. The van der Waals surface area contributed by atoms with E-state index in [0.29, 0.717) is 28.4 Å². The summed E-state index contributed by atoms with van der Waals surface area (Å²) in [5.41, 5.74) is -0.0446. The number of methoxy groups -OCH3 is 1. The maximum atomic E-state index is 13.4. The Labute approximate surface area is 161 Å². The van der Waals surface area contributed by atoms with Crippen molar-refractivity contribution in [3.63, 3.8) is 0 Å². The van der Waals surface area contributed by atoms with Gasteiger partial charge in [0.25, 0.3) is 0 Å². The molecule has 0 amide bonds. The molecule has 6 nitrogen and oxygen atoms in total. The second kappa shape index (κ2) is 7.82. The molecule has 0 fully saturated rings. The minimum absolute atomic E-state index is 0.0898. The van der Waals surface area contributed by atoms with Crippen molar-refractivity contribution >= 4 is 0 Å². The summed E-state index contributed by atoms with van der Waals surface area (Å²) in [6, 6.07) is 12.5. The van der Waals surface area contributed by atoms with E-state index in [-0.39, 0.29) is 6.61 Å². The summed E-state index contributed by atoms with van der Waals surface area (Å²) in [5, 5.41) is 9.81. The van der Waals surface area contributed by atoms with E-state index in [1.807, 2.05) is 0 Å². The Balaban J connectivity index is 1.92.